The Morgan fingerprint density at radius 3 is 2.10 bits per heavy atom. The van der Waals surface area contributed by atoms with Crippen LogP contribution >= 0.6 is 0 Å². The second kappa shape index (κ2) is 19.4. The standard InChI is InChI=1S/C59H84O19/c1-26-13-31-7-9-36-27(2)14-33(64-36)11-12-57-22-45-52(77-57)53-54(70-45)55(78-57)51-37(68-53)10-8-32(66-51)15-47(63)71-50-30(5)49-42(67-41(50)17-38(65-31)29(26)4)18-40-43(69-49)21-58(73-40)23-46-48(76-58)28(3)19-59(75-46)25-56(6)20-44(74-59)39(72-56)16-34(61)35(62)24-60/h26,28,30-46,48-55,60-62H,2,4,7-25H2,1,3,5-6H3/t26-,28+,30+,31+,32-,33+,34?,35?,36+,37+,38-,39-,40+,41+,42+,43+,44-,45-,46+,48+,49+,50-,51+,52+,53+,54-,55+,56-,57+,58+,59+/m1/s1. The number of esters is 1. The molecule has 16 saturated heterocycles. The topological polar surface area (TPSA) is 216 Å². The molecule has 19 nitrogen and oxygen atoms in total. The van der Waals surface area contributed by atoms with Gasteiger partial charge in [-0.05, 0) is 74.9 Å². The predicted octanol–water partition coefficient (Wildman–Crippen LogP) is 4.68. The molecule has 0 aromatic carbocycles. The number of hydrogen-bond acceptors (Lipinski definition) is 19. The summed E-state index contributed by atoms with van der Waals surface area (Å²) in [6, 6.07) is 0. The third kappa shape index (κ3) is 9.02. The molecule has 16 fully saturated rings. The third-order valence-corrected chi connectivity index (χ3v) is 21.7. The lowest BCUT2D eigenvalue weighted by atomic mass is 9.79. The van der Waals surface area contributed by atoms with Gasteiger partial charge in [-0.1, -0.05) is 33.9 Å². The summed E-state index contributed by atoms with van der Waals surface area (Å²) in [6.07, 6.45) is 1.88. The van der Waals surface area contributed by atoms with E-state index >= 15 is 0 Å². The number of hydrogen-bond donors (Lipinski definition) is 3. The first kappa shape index (κ1) is 53.0. The van der Waals surface area contributed by atoms with Gasteiger partial charge in [0.1, 0.15) is 42.7 Å². The highest BCUT2D eigenvalue weighted by Gasteiger charge is 2.70. The van der Waals surface area contributed by atoms with E-state index in [0.29, 0.717) is 64.2 Å². The molecule has 16 aliphatic heterocycles. The van der Waals surface area contributed by atoms with Crippen LogP contribution in [0.2, 0.25) is 0 Å². The lowest BCUT2D eigenvalue weighted by Crippen LogP contribution is -2.62. The van der Waals surface area contributed by atoms with E-state index in [4.69, 9.17) is 71.1 Å². The fraction of sp³-hybridized carbons (Fsp3) is 0.915. The molecule has 0 saturated carbocycles. The first-order chi connectivity index (χ1) is 37.4. The number of aliphatic hydroxyl groups excluding tert-OH is 3. The van der Waals surface area contributed by atoms with E-state index in [2.05, 4.69) is 40.9 Å². The van der Waals surface area contributed by atoms with Crippen molar-refractivity contribution >= 4 is 5.97 Å². The highest BCUT2D eigenvalue weighted by Crippen LogP contribution is 2.59. The number of rotatable bonds is 4. The zero-order valence-electron chi connectivity index (χ0n) is 45.8. The Balaban J connectivity index is 0.662. The van der Waals surface area contributed by atoms with Gasteiger partial charge in [-0.25, -0.2) is 0 Å². The lowest BCUT2D eigenvalue weighted by molar-refractivity contribution is -0.336. The molecular weight excluding hydrogens is 1010 g/mol. The maximum absolute atomic E-state index is 14.6. The van der Waals surface area contributed by atoms with E-state index in [1.54, 1.807) is 0 Å². The summed E-state index contributed by atoms with van der Waals surface area (Å²) in [5.74, 6) is -2.99. The normalized spacial score (nSPS) is 57.6. The summed E-state index contributed by atoms with van der Waals surface area (Å²) in [6.45, 7) is 17.2. The summed E-state index contributed by atoms with van der Waals surface area (Å²) in [4.78, 5) is 14.6. The Bertz CT molecular complexity index is 2340. The van der Waals surface area contributed by atoms with Gasteiger partial charge in [0.05, 0.1) is 122 Å². The van der Waals surface area contributed by atoms with Crippen molar-refractivity contribution in [1.29, 1.82) is 0 Å². The fourth-order valence-electron chi connectivity index (χ4n) is 18.0. The van der Waals surface area contributed by atoms with Crippen LogP contribution < -0.4 is 0 Å². The Morgan fingerprint density at radius 2 is 1.24 bits per heavy atom. The quantitative estimate of drug-likeness (QED) is 0.257. The second-order valence-corrected chi connectivity index (χ2v) is 27.4. The van der Waals surface area contributed by atoms with Gasteiger partial charge >= 0.3 is 5.97 Å². The minimum Gasteiger partial charge on any atom is -0.459 e. The average Bonchev–Trinajstić information content (AvgIpc) is 4.24. The van der Waals surface area contributed by atoms with E-state index in [-0.39, 0.29) is 134 Å². The summed E-state index contributed by atoms with van der Waals surface area (Å²) in [5.41, 5.74) is 1.60. The third-order valence-electron chi connectivity index (χ3n) is 21.7. The molecule has 16 aliphatic rings. The van der Waals surface area contributed by atoms with E-state index in [1.807, 2.05) is 0 Å². The average molecular weight is 1100 g/mol. The molecule has 3 spiro atoms. The van der Waals surface area contributed by atoms with Gasteiger partial charge in [0.15, 0.2) is 17.4 Å². The maximum atomic E-state index is 14.6. The molecule has 2 unspecified atom stereocenters. The van der Waals surface area contributed by atoms with Crippen molar-refractivity contribution in [2.75, 3.05) is 6.61 Å². The number of fused-ring (bicyclic) bond motifs is 11. The summed E-state index contributed by atoms with van der Waals surface area (Å²) < 4.78 is 104. The van der Waals surface area contributed by atoms with Crippen LogP contribution in [0.5, 0.6) is 0 Å². The minimum absolute atomic E-state index is 0.0132. The Hall–Kier alpha value is -1.73. The Morgan fingerprint density at radius 1 is 0.538 bits per heavy atom. The molecule has 78 heavy (non-hydrogen) atoms. The van der Waals surface area contributed by atoms with Gasteiger partial charge in [0.25, 0.3) is 0 Å². The van der Waals surface area contributed by atoms with Crippen molar-refractivity contribution in [1.82, 2.24) is 0 Å². The highest BCUT2D eigenvalue weighted by atomic mass is 16.8. The molecule has 434 valence electrons. The molecule has 31 atom stereocenters. The highest BCUT2D eigenvalue weighted by molar-refractivity contribution is 5.70. The van der Waals surface area contributed by atoms with Crippen molar-refractivity contribution in [3.63, 3.8) is 0 Å². The monoisotopic (exact) mass is 1100 g/mol. The minimum atomic E-state index is -1.26. The van der Waals surface area contributed by atoms with Crippen LogP contribution in [0.1, 0.15) is 143 Å². The van der Waals surface area contributed by atoms with Crippen LogP contribution in [0.3, 0.4) is 0 Å². The van der Waals surface area contributed by atoms with Gasteiger partial charge < -0.3 is 86.4 Å². The molecule has 14 bridgehead atoms. The second-order valence-electron chi connectivity index (χ2n) is 27.4. The maximum Gasteiger partial charge on any atom is 0.308 e. The number of carbonyl (C=O) groups excluding carboxylic acids is 1. The van der Waals surface area contributed by atoms with E-state index in [1.165, 1.54) is 0 Å². The van der Waals surface area contributed by atoms with Crippen molar-refractivity contribution in [3.8, 4) is 0 Å². The largest absolute Gasteiger partial charge is 0.459 e. The Labute approximate surface area is 457 Å². The molecule has 16 rings (SSSR count). The first-order valence-corrected chi connectivity index (χ1v) is 30.3. The SMILES string of the molecule is C=C1C[C@@H]2CC[C@@]34C[C@H]5O[C@H]6[C@@H](O3)[C@H]3O[C@H](CC[C@@H]3O[C@H]6[C@H]5O4)CC(=O)O[C@@H]3[C@@H](C)[C@@H]4O[C@H]5C[C@]6(C[C@@H]7O[C@@]8(C[C@H](C)[C@@H]7O6)C[C@@]6(C)C[C@@H](O8)[C@@H](CC(O)C(O)CO)O6)O[C@H]5C[C@@H]4O[C@H]3C[C@H]3O[C@@H](CC[C@@H]1O2)C[C@@H](C)C3=C. The predicted molar refractivity (Wildman–Crippen MR) is 269 cm³/mol. The zero-order chi connectivity index (χ0) is 53.4. The fourth-order valence-corrected chi connectivity index (χ4v) is 18.0. The van der Waals surface area contributed by atoms with Crippen molar-refractivity contribution < 1.29 is 91.2 Å². The molecule has 0 amide bonds. The van der Waals surface area contributed by atoms with Gasteiger partial charge in [0, 0.05) is 70.1 Å². The van der Waals surface area contributed by atoms with Gasteiger partial charge in [0.2, 0.25) is 0 Å². The molecule has 0 radical (unpaired) electrons. The van der Waals surface area contributed by atoms with Crippen molar-refractivity contribution in [3.05, 3.63) is 24.3 Å². The summed E-state index contributed by atoms with van der Waals surface area (Å²) >= 11 is 0. The first-order valence-electron chi connectivity index (χ1n) is 30.3. The van der Waals surface area contributed by atoms with Crippen molar-refractivity contribution in [2.45, 2.75) is 313 Å². The van der Waals surface area contributed by atoms with Gasteiger partial charge in [-0.15, -0.1) is 0 Å². The van der Waals surface area contributed by atoms with Crippen LogP contribution in [-0.4, -0.2) is 197 Å². The molecule has 16 heterocycles. The molecule has 0 aromatic rings. The number of carbonyl (C=O) groups is 1. The lowest BCUT2D eigenvalue weighted by Gasteiger charge is -2.50. The van der Waals surface area contributed by atoms with E-state index in [0.717, 1.165) is 49.7 Å². The van der Waals surface area contributed by atoms with Gasteiger partial charge in [-0.2, -0.15) is 0 Å². The van der Waals surface area contributed by atoms with E-state index in [9.17, 15) is 20.1 Å². The van der Waals surface area contributed by atoms with Crippen LogP contribution in [0.15, 0.2) is 24.3 Å². The molecule has 0 aromatic heterocycles. The van der Waals surface area contributed by atoms with Crippen LogP contribution in [0.4, 0.5) is 0 Å². The molecule has 0 aliphatic carbocycles. The van der Waals surface area contributed by atoms with Gasteiger partial charge in [-0.3, -0.25) is 4.79 Å². The van der Waals surface area contributed by atoms with Crippen LogP contribution in [0, 0.1) is 17.8 Å². The molecule has 19 heteroatoms. The van der Waals surface area contributed by atoms with E-state index < -0.39 is 78.4 Å². The smallest absolute Gasteiger partial charge is 0.308 e. The molecular formula is C59H84O19. The van der Waals surface area contributed by atoms with Crippen LogP contribution in [0.25, 0.3) is 0 Å². The zero-order valence-corrected chi connectivity index (χ0v) is 45.8. The number of aliphatic hydroxyl groups is 3. The van der Waals surface area contributed by atoms with Crippen LogP contribution in [-0.2, 0) is 75.8 Å². The summed E-state index contributed by atoms with van der Waals surface area (Å²) in [7, 11) is 0. The van der Waals surface area contributed by atoms with Crippen molar-refractivity contribution in [2.24, 2.45) is 17.8 Å². The molecule has 3 N–H and O–H groups in total. The summed E-state index contributed by atoms with van der Waals surface area (Å²) in [5, 5.41) is 30.2. The Kier molecular flexibility index (Phi) is 13.2. The number of ether oxygens (including phenoxy) is 15.